The van der Waals surface area contributed by atoms with Gasteiger partial charge in [0.15, 0.2) is 5.60 Å². The van der Waals surface area contributed by atoms with E-state index in [0.717, 1.165) is 0 Å². The fourth-order valence-corrected chi connectivity index (χ4v) is 5.85. The highest BCUT2D eigenvalue weighted by Crippen LogP contribution is 2.61. The van der Waals surface area contributed by atoms with Crippen LogP contribution in [0.3, 0.4) is 0 Å². The number of hydrogen-bond donors (Lipinski definition) is 1. The molecule has 210 valence electrons. The first kappa shape index (κ1) is 28.3. The van der Waals surface area contributed by atoms with Gasteiger partial charge in [-0.05, 0) is 38.8 Å². The van der Waals surface area contributed by atoms with Gasteiger partial charge in [-0.15, -0.1) is 0 Å². The van der Waals surface area contributed by atoms with E-state index in [4.69, 9.17) is 23.4 Å². The van der Waals surface area contributed by atoms with E-state index in [1.807, 2.05) is 0 Å². The summed E-state index contributed by atoms with van der Waals surface area (Å²) < 4.78 is 28.7. The molecule has 0 amide bonds. The van der Waals surface area contributed by atoms with Crippen LogP contribution in [0.4, 0.5) is 0 Å². The van der Waals surface area contributed by atoms with Gasteiger partial charge in [0, 0.05) is 56.1 Å². The quantitative estimate of drug-likeness (QED) is 0.422. The van der Waals surface area contributed by atoms with Crippen molar-refractivity contribution < 1.29 is 42.9 Å². The summed E-state index contributed by atoms with van der Waals surface area (Å²) in [7, 11) is 0. The number of carbonyl (C=O) groups is 3. The first-order valence-corrected chi connectivity index (χ1v) is 12.7. The van der Waals surface area contributed by atoms with Crippen molar-refractivity contribution in [1.82, 2.24) is 4.98 Å². The number of aromatic nitrogens is 1. The molecule has 39 heavy (non-hydrogen) atoms. The van der Waals surface area contributed by atoms with Crippen LogP contribution in [0, 0.1) is 11.3 Å². The maximum absolute atomic E-state index is 13.2. The average Bonchev–Trinajstić information content (AvgIpc) is 2.84. The molecule has 1 N–H and O–H groups in total. The van der Waals surface area contributed by atoms with Gasteiger partial charge >= 0.3 is 23.5 Å². The SMILES string of the molecule is CC(=O)OC[C@@](C)(OC(C)=O)[C@@H]1C[C@H](OC(C)=O)[C@@]2(C)Oc3cc(-c4cccnc4)oc(=O)c3[C@H](O)[C@@]2(C)C1. The first-order valence-electron chi connectivity index (χ1n) is 12.7. The van der Waals surface area contributed by atoms with Crippen molar-refractivity contribution >= 4 is 17.9 Å². The molecular formula is C28H33NO10. The lowest BCUT2D eigenvalue weighted by atomic mass is 9.53. The summed E-state index contributed by atoms with van der Waals surface area (Å²) in [5.41, 5.74) is -4.17. The number of aliphatic hydroxyl groups excluding tert-OH is 1. The molecule has 0 unspecified atom stereocenters. The number of rotatable bonds is 6. The summed E-state index contributed by atoms with van der Waals surface area (Å²) in [5.74, 6) is -1.99. The topological polar surface area (TPSA) is 151 Å². The number of fused-ring (bicyclic) bond motifs is 2. The third-order valence-electron chi connectivity index (χ3n) is 8.12. The van der Waals surface area contributed by atoms with E-state index < -0.39 is 58.3 Å². The molecule has 0 aromatic carbocycles. The summed E-state index contributed by atoms with van der Waals surface area (Å²) in [6.07, 6.45) is 1.11. The lowest BCUT2D eigenvalue weighted by Gasteiger charge is -2.60. The fourth-order valence-electron chi connectivity index (χ4n) is 5.85. The Morgan fingerprint density at radius 1 is 1.18 bits per heavy atom. The molecular weight excluding hydrogens is 510 g/mol. The number of aliphatic hydroxyl groups is 1. The Bertz CT molecular complexity index is 1340. The molecule has 0 spiro atoms. The molecule has 0 radical (unpaired) electrons. The second-order valence-electron chi connectivity index (χ2n) is 10.9. The minimum absolute atomic E-state index is 0.0704. The molecule has 1 fully saturated rings. The van der Waals surface area contributed by atoms with Gasteiger partial charge in [0.05, 0.1) is 6.10 Å². The van der Waals surface area contributed by atoms with Crippen molar-refractivity contribution in [1.29, 1.82) is 0 Å². The van der Waals surface area contributed by atoms with Gasteiger partial charge in [-0.2, -0.15) is 0 Å². The lowest BCUT2D eigenvalue weighted by Crippen LogP contribution is -2.68. The number of pyridine rings is 1. The van der Waals surface area contributed by atoms with E-state index in [1.165, 1.54) is 33.0 Å². The molecule has 2 aromatic heterocycles. The summed E-state index contributed by atoms with van der Waals surface area (Å²) in [5, 5.41) is 11.8. The predicted octanol–water partition coefficient (Wildman–Crippen LogP) is 3.12. The molecule has 0 saturated heterocycles. The van der Waals surface area contributed by atoms with Gasteiger partial charge in [0.1, 0.15) is 35.4 Å². The number of nitrogens with zero attached hydrogens (tertiary/aromatic N) is 1. The van der Waals surface area contributed by atoms with Crippen molar-refractivity contribution in [3.63, 3.8) is 0 Å². The van der Waals surface area contributed by atoms with Crippen LogP contribution in [0.25, 0.3) is 11.3 Å². The van der Waals surface area contributed by atoms with Crippen LogP contribution >= 0.6 is 0 Å². The molecule has 0 bridgehead atoms. The van der Waals surface area contributed by atoms with Gasteiger partial charge < -0.3 is 28.5 Å². The van der Waals surface area contributed by atoms with Gasteiger partial charge in [-0.3, -0.25) is 19.4 Å². The molecule has 11 heteroatoms. The maximum Gasteiger partial charge on any atom is 0.345 e. The third-order valence-corrected chi connectivity index (χ3v) is 8.12. The van der Waals surface area contributed by atoms with Crippen LogP contribution in [0.1, 0.15) is 66.1 Å². The zero-order valence-electron chi connectivity index (χ0n) is 22.8. The maximum atomic E-state index is 13.2. The number of carbonyl (C=O) groups excluding carboxylic acids is 3. The van der Waals surface area contributed by atoms with Gasteiger partial charge in [-0.25, -0.2) is 4.79 Å². The van der Waals surface area contributed by atoms with Crippen LogP contribution in [0.15, 0.2) is 39.8 Å². The van der Waals surface area contributed by atoms with Crippen molar-refractivity contribution in [2.45, 2.75) is 77.8 Å². The molecule has 6 atom stereocenters. The van der Waals surface area contributed by atoms with Crippen molar-refractivity contribution in [3.05, 3.63) is 46.6 Å². The van der Waals surface area contributed by atoms with Gasteiger partial charge in [0.2, 0.25) is 0 Å². The van der Waals surface area contributed by atoms with Crippen molar-refractivity contribution in [2.24, 2.45) is 11.3 Å². The number of esters is 3. The van der Waals surface area contributed by atoms with Crippen LogP contribution in [0.2, 0.25) is 0 Å². The summed E-state index contributed by atoms with van der Waals surface area (Å²) >= 11 is 0. The molecule has 1 aliphatic heterocycles. The Labute approximate surface area is 225 Å². The lowest BCUT2D eigenvalue weighted by molar-refractivity contribution is -0.245. The van der Waals surface area contributed by atoms with Crippen molar-refractivity contribution in [3.8, 4) is 17.1 Å². The van der Waals surface area contributed by atoms with E-state index in [0.29, 0.717) is 5.56 Å². The summed E-state index contributed by atoms with van der Waals surface area (Å²) in [6.45, 7) is 8.55. The molecule has 2 aromatic rings. The van der Waals surface area contributed by atoms with E-state index in [-0.39, 0.29) is 36.5 Å². The van der Waals surface area contributed by atoms with Crippen LogP contribution in [0.5, 0.6) is 5.75 Å². The number of hydrogen-bond acceptors (Lipinski definition) is 11. The molecule has 4 rings (SSSR count). The third kappa shape index (κ3) is 5.03. The highest BCUT2D eigenvalue weighted by molar-refractivity contribution is 5.68. The monoisotopic (exact) mass is 543 g/mol. The highest BCUT2D eigenvalue weighted by Gasteiger charge is 2.66. The minimum atomic E-state index is -1.40. The predicted molar refractivity (Wildman–Crippen MR) is 135 cm³/mol. The first-order chi connectivity index (χ1) is 18.2. The second kappa shape index (κ2) is 10.1. The zero-order chi connectivity index (χ0) is 28.8. The summed E-state index contributed by atoms with van der Waals surface area (Å²) in [4.78, 5) is 53.2. The minimum Gasteiger partial charge on any atom is -0.482 e. The smallest absolute Gasteiger partial charge is 0.345 e. The van der Waals surface area contributed by atoms with E-state index in [1.54, 1.807) is 39.1 Å². The van der Waals surface area contributed by atoms with E-state index >= 15 is 0 Å². The van der Waals surface area contributed by atoms with E-state index in [9.17, 15) is 24.3 Å². The van der Waals surface area contributed by atoms with Crippen LogP contribution in [-0.4, -0.2) is 51.9 Å². The Balaban J connectivity index is 1.84. The fraction of sp³-hybridized carbons (Fsp3) is 0.536. The number of ether oxygens (including phenoxy) is 4. The Hall–Kier alpha value is -3.73. The standard InChI is InChI=1S/C28H33NO10/c1-15(30)35-14-27(5,38-17(3)32)19-10-22(36-16(2)31)28(6)26(4,12-19)24(33)23-21(39-28)11-20(37-25(23)34)18-8-7-9-29-13-18/h7-9,11,13,19,22,24,33H,10,12,14H2,1-6H3/t19-,22+,24+,26-,27-,28-/m1/s1. The second-order valence-corrected chi connectivity index (χ2v) is 10.9. The largest absolute Gasteiger partial charge is 0.482 e. The van der Waals surface area contributed by atoms with E-state index in [2.05, 4.69) is 4.98 Å². The van der Waals surface area contributed by atoms with Gasteiger partial charge in [0.25, 0.3) is 0 Å². The van der Waals surface area contributed by atoms with Crippen LogP contribution < -0.4 is 10.4 Å². The molecule has 1 aliphatic carbocycles. The molecule has 3 heterocycles. The summed E-state index contributed by atoms with van der Waals surface area (Å²) in [6, 6.07) is 4.92. The Morgan fingerprint density at radius 3 is 2.49 bits per heavy atom. The Morgan fingerprint density at radius 2 is 1.90 bits per heavy atom. The Kier molecular flexibility index (Phi) is 7.33. The average molecular weight is 544 g/mol. The molecule has 11 nitrogen and oxygen atoms in total. The molecule has 2 aliphatic rings. The van der Waals surface area contributed by atoms with Crippen molar-refractivity contribution in [2.75, 3.05) is 6.61 Å². The molecule has 1 saturated carbocycles. The normalized spacial score (nSPS) is 29.1. The highest BCUT2D eigenvalue weighted by atomic mass is 16.6. The van der Waals surface area contributed by atoms with Crippen LogP contribution in [-0.2, 0) is 28.6 Å². The van der Waals surface area contributed by atoms with Gasteiger partial charge in [-0.1, -0.05) is 6.92 Å². The zero-order valence-corrected chi connectivity index (χ0v) is 22.8.